The van der Waals surface area contributed by atoms with Gasteiger partial charge in [0.2, 0.25) is 0 Å². The maximum Gasteiger partial charge on any atom is 0.192 e. The summed E-state index contributed by atoms with van der Waals surface area (Å²) in [6, 6.07) is 10.7. The molecular formula is C17H26OSi. The molecule has 0 spiro atoms. The molecule has 0 aliphatic heterocycles. The highest BCUT2D eigenvalue weighted by Crippen LogP contribution is 2.53. The fourth-order valence-corrected chi connectivity index (χ4v) is 3.68. The first-order valence-corrected chi connectivity index (χ1v) is 10.0. The molecular weight excluding hydrogens is 248 g/mol. The first-order chi connectivity index (χ1) is 8.78. The molecule has 1 saturated carbocycles. The molecule has 0 bridgehead atoms. The van der Waals surface area contributed by atoms with Crippen molar-refractivity contribution in [3.8, 4) is 0 Å². The van der Waals surface area contributed by atoms with Gasteiger partial charge in [-0.15, -0.1) is 6.58 Å². The summed E-state index contributed by atoms with van der Waals surface area (Å²) >= 11 is 0. The third-order valence-corrected chi connectivity index (χ3v) is 9.17. The minimum absolute atomic E-state index is 0.266. The monoisotopic (exact) mass is 274 g/mol. The van der Waals surface area contributed by atoms with Crippen molar-refractivity contribution in [2.45, 2.75) is 50.9 Å². The van der Waals surface area contributed by atoms with Gasteiger partial charge in [-0.1, -0.05) is 57.2 Å². The van der Waals surface area contributed by atoms with E-state index in [1.54, 1.807) is 0 Å². The number of rotatable bonds is 4. The maximum atomic E-state index is 6.55. The molecule has 0 radical (unpaired) electrons. The van der Waals surface area contributed by atoms with Gasteiger partial charge in [0.15, 0.2) is 8.32 Å². The standard InChI is InChI=1S/C17H26OSi/c1-7-14-15(13-11-9-8-10-12-13)16(14)18-19(5,6)17(2,3)4/h7-12,14-16H,1H2,2-6H3/t14-,15-,16+/m0/s1. The molecule has 1 nitrogen and oxygen atoms in total. The van der Waals surface area contributed by atoms with Crippen molar-refractivity contribution >= 4 is 8.32 Å². The SMILES string of the molecule is C=C[C@@H]1[C@@H](O[Si](C)(C)C(C)(C)C)[C@H]1c1ccccc1. The first kappa shape index (κ1) is 14.5. The van der Waals surface area contributed by atoms with Crippen LogP contribution in [-0.4, -0.2) is 14.4 Å². The van der Waals surface area contributed by atoms with E-state index in [0.29, 0.717) is 17.9 Å². The lowest BCUT2D eigenvalue weighted by Gasteiger charge is -2.36. The van der Waals surface area contributed by atoms with Gasteiger partial charge in [0, 0.05) is 11.8 Å². The molecule has 0 amide bonds. The van der Waals surface area contributed by atoms with Crippen LogP contribution in [0.2, 0.25) is 18.1 Å². The van der Waals surface area contributed by atoms with Crippen molar-refractivity contribution in [1.82, 2.24) is 0 Å². The zero-order chi connectivity index (χ0) is 14.3. The summed E-state index contributed by atoms with van der Waals surface area (Å²) in [6.45, 7) is 15.5. The van der Waals surface area contributed by atoms with E-state index in [1.165, 1.54) is 5.56 Å². The number of hydrogen-bond acceptors (Lipinski definition) is 1. The van der Waals surface area contributed by atoms with Crippen LogP contribution in [-0.2, 0) is 4.43 Å². The highest BCUT2D eigenvalue weighted by Gasteiger charge is 2.54. The van der Waals surface area contributed by atoms with E-state index in [2.05, 4.69) is 76.9 Å². The van der Waals surface area contributed by atoms with Gasteiger partial charge in [0.25, 0.3) is 0 Å². The van der Waals surface area contributed by atoms with Gasteiger partial charge >= 0.3 is 0 Å². The third kappa shape index (κ3) is 2.85. The molecule has 0 unspecified atom stereocenters. The Morgan fingerprint density at radius 3 is 2.21 bits per heavy atom. The van der Waals surface area contributed by atoms with Gasteiger partial charge in [0.1, 0.15) is 0 Å². The van der Waals surface area contributed by atoms with Crippen LogP contribution in [0.5, 0.6) is 0 Å². The second kappa shape index (κ2) is 4.91. The van der Waals surface area contributed by atoms with Crippen LogP contribution in [0.3, 0.4) is 0 Å². The Balaban J connectivity index is 2.13. The summed E-state index contributed by atoms with van der Waals surface area (Å²) in [4.78, 5) is 0. The van der Waals surface area contributed by atoms with E-state index >= 15 is 0 Å². The zero-order valence-corrected chi connectivity index (χ0v) is 13.8. The van der Waals surface area contributed by atoms with Crippen molar-refractivity contribution in [2.75, 3.05) is 0 Å². The van der Waals surface area contributed by atoms with Crippen molar-refractivity contribution in [2.24, 2.45) is 5.92 Å². The second-order valence-electron chi connectivity index (χ2n) is 7.09. The quantitative estimate of drug-likeness (QED) is 0.556. The van der Waals surface area contributed by atoms with Crippen LogP contribution in [0, 0.1) is 5.92 Å². The maximum absolute atomic E-state index is 6.55. The molecule has 2 heteroatoms. The smallest absolute Gasteiger partial charge is 0.192 e. The molecule has 1 aliphatic rings. The minimum Gasteiger partial charge on any atom is -0.413 e. The molecule has 0 saturated heterocycles. The lowest BCUT2D eigenvalue weighted by molar-refractivity contribution is 0.259. The summed E-state index contributed by atoms with van der Waals surface area (Å²) in [5.74, 6) is 0.990. The van der Waals surface area contributed by atoms with Gasteiger partial charge < -0.3 is 4.43 Å². The van der Waals surface area contributed by atoms with Crippen molar-refractivity contribution in [1.29, 1.82) is 0 Å². The van der Waals surface area contributed by atoms with Crippen molar-refractivity contribution in [3.05, 3.63) is 48.6 Å². The van der Waals surface area contributed by atoms with Gasteiger partial charge in [-0.2, -0.15) is 0 Å². The highest BCUT2D eigenvalue weighted by molar-refractivity contribution is 6.74. The van der Waals surface area contributed by atoms with Crippen molar-refractivity contribution in [3.63, 3.8) is 0 Å². The molecule has 0 heterocycles. The Bertz CT molecular complexity index is 444. The second-order valence-corrected chi connectivity index (χ2v) is 11.8. The Labute approximate surface area is 118 Å². The average molecular weight is 274 g/mol. The molecule has 0 N–H and O–H groups in total. The fraction of sp³-hybridized carbons (Fsp3) is 0.529. The molecule has 2 rings (SSSR count). The molecule has 104 valence electrons. The largest absolute Gasteiger partial charge is 0.413 e. The minimum atomic E-state index is -1.69. The predicted molar refractivity (Wildman–Crippen MR) is 84.9 cm³/mol. The topological polar surface area (TPSA) is 9.23 Å². The van der Waals surface area contributed by atoms with E-state index in [4.69, 9.17) is 4.43 Å². The predicted octanol–water partition coefficient (Wildman–Crippen LogP) is 4.98. The summed E-state index contributed by atoms with van der Waals surface area (Å²) < 4.78 is 6.55. The fourth-order valence-electron chi connectivity index (χ4n) is 2.34. The summed E-state index contributed by atoms with van der Waals surface area (Å²) in [7, 11) is -1.69. The molecule has 1 aromatic rings. The molecule has 3 atom stereocenters. The number of benzene rings is 1. The van der Waals surface area contributed by atoms with E-state index in [9.17, 15) is 0 Å². The van der Waals surface area contributed by atoms with E-state index in [1.807, 2.05) is 0 Å². The van der Waals surface area contributed by atoms with Crippen LogP contribution in [0.25, 0.3) is 0 Å². The zero-order valence-electron chi connectivity index (χ0n) is 12.8. The molecule has 1 aromatic carbocycles. The Morgan fingerprint density at radius 1 is 1.16 bits per heavy atom. The van der Waals surface area contributed by atoms with Gasteiger partial charge in [-0.3, -0.25) is 0 Å². The first-order valence-electron chi connectivity index (χ1n) is 7.13. The highest BCUT2D eigenvalue weighted by atomic mass is 28.4. The van der Waals surface area contributed by atoms with E-state index in [0.717, 1.165) is 0 Å². The van der Waals surface area contributed by atoms with E-state index in [-0.39, 0.29) is 5.04 Å². The molecule has 19 heavy (non-hydrogen) atoms. The molecule has 1 aliphatic carbocycles. The van der Waals surface area contributed by atoms with Gasteiger partial charge in [-0.05, 0) is 23.7 Å². The Kier molecular flexibility index (Phi) is 3.76. The summed E-state index contributed by atoms with van der Waals surface area (Å²) in [6.07, 6.45) is 2.40. The van der Waals surface area contributed by atoms with Crippen LogP contribution < -0.4 is 0 Å². The summed E-state index contributed by atoms with van der Waals surface area (Å²) in [5.41, 5.74) is 1.39. The van der Waals surface area contributed by atoms with Crippen molar-refractivity contribution < 1.29 is 4.43 Å². The van der Waals surface area contributed by atoms with Crippen LogP contribution >= 0.6 is 0 Å². The average Bonchev–Trinajstić information content (AvgIpc) is 3.01. The lowest BCUT2D eigenvalue weighted by atomic mass is 10.1. The Morgan fingerprint density at radius 2 is 1.74 bits per heavy atom. The third-order valence-electron chi connectivity index (χ3n) is 4.70. The number of hydrogen-bond donors (Lipinski definition) is 0. The summed E-state index contributed by atoms with van der Waals surface area (Å²) in [5, 5.41) is 0.266. The molecule has 0 aromatic heterocycles. The molecule has 1 fully saturated rings. The van der Waals surface area contributed by atoms with Crippen LogP contribution in [0.15, 0.2) is 43.0 Å². The van der Waals surface area contributed by atoms with E-state index < -0.39 is 8.32 Å². The van der Waals surface area contributed by atoms with Gasteiger partial charge in [-0.25, -0.2) is 0 Å². The van der Waals surface area contributed by atoms with Crippen LogP contribution in [0.4, 0.5) is 0 Å². The normalized spacial score (nSPS) is 27.1. The van der Waals surface area contributed by atoms with Gasteiger partial charge in [0.05, 0.1) is 6.10 Å². The van der Waals surface area contributed by atoms with Crippen LogP contribution in [0.1, 0.15) is 32.3 Å². The Hall–Kier alpha value is -0.863. The lowest BCUT2D eigenvalue weighted by Crippen LogP contribution is -2.41.